The Kier molecular flexibility index (Phi) is 2.12. The van der Waals surface area contributed by atoms with Crippen LogP contribution in [0.1, 0.15) is 35.1 Å². The van der Waals surface area contributed by atoms with E-state index < -0.39 is 0 Å². The molecule has 0 radical (unpaired) electrons. The molecule has 1 aromatic carbocycles. The second kappa shape index (κ2) is 3.15. The molecule has 1 nitrogen and oxygen atoms in total. The minimum atomic E-state index is 0.559. The van der Waals surface area contributed by atoms with Gasteiger partial charge in [-0.1, -0.05) is 19.1 Å². The van der Waals surface area contributed by atoms with Crippen molar-refractivity contribution < 1.29 is 4.74 Å². The molecular formula is C12H16O. The number of rotatable bonds is 0. The van der Waals surface area contributed by atoms with Gasteiger partial charge < -0.3 is 4.74 Å². The van der Waals surface area contributed by atoms with Crippen LogP contribution in [0.15, 0.2) is 12.1 Å². The second-order valence-electron chi connectivity index (χ2n) is 4.00. The maximum atomic E-state index is 5.50. The maximum absolute atomic E-state index is 5.50. The normalized spacial score (nSPS) is 21.3. The number of ether oxygens (including phenoxy) is 1. The average molecular weight is 176 g/mol. The highest BCUT2D eigenvalue weighted by atomic mass is 16.5. The Morgan fingerprint density at radius 2 is 2.08 bits per heavy atom. The van der Waals surface area contributed by atoms with E-state index >= 15 is 0 Å². The first kappa shape index (κ1) is 8.76. The van der Waals surface area contributed by atoms with Crippen LogP contribution in [-0.4, -0.2) is 6.61 Å². The van der Waals surface area contributed by atoms with Gasteiger partial charge in [0.1, 0.15) is 0 Å². The molecule has 1 heterocycles. The molecule has 0 saturated carbocycles. The highest BCUT2D eigenvalue weighted by molar-refractivity contribution is 5.42. The summed E-state index contributed by atoms with van der Waals surface area (Å²) in [7, 11) is 0. The largest absolute Gasteiger partial charge is 0.376 e. The fourth-order valence-electron chi connectivity index (χ4n) is 2.13. The van der Waals surface area contributed by atoms with Crippen LogP contribution in [0, 0.1) is 13.8 Å². The van der Waals surface area contributed by atoms with Gasteiger partial charge in [0.15, 0.2) is 0 Å². The van der Waals surface area contributed by atoms with Crippen LogP contribution in [0.25, 0.3) is 0 Å². The van der Waals surface area contributed by atoms with Crippen LogP contribution in [0.4, 0.5) is 0 Å². The Hall–Kier alpha value is -0.820. The number of hydrogen-bond donors (Lipinski definition) is 0. The minimum Gasteiger partial charge on any atom is -0.376 e. The van der Waals surface area contributed by atoms with Crippen LogP contribution >= 0.6 is 0 Å². The van der Waals surface area contributed by atoms with E-state index in [-0.39, 0.29) is 0 Å². The van der Waals surface area contributed by atoms with Crippen molar-refractivity contribution in [2.45, 2.75) is 33.3 Å². The number of aryl methyl sites for hydroxylation is 1. The summed E-state index contributed by atoms with van der Waals surface area (Å²) in [6.45, 7) is 8.30. The molecule has 0 N–H and O–H groups in total. The average Bonchev–Trinajstić information content (AvgIpc) is 2.12. The molecule has 0 spiro atoms. The van der Waals surface area contributed by atoms with Gasteiger partial charge in [-0.05, 0) is 36.1 Å². The van der Waals surface area contributed by atoms with Crippen molar-refractivity contribution in [1.82, 2.24) is 0 Å². The number of fused-ring (bicyclic) bond motifs is 1. The molecule has 1 heteroatoms. The fraction of sp³-hybridized carbons (Fsp3) is 0.500. The molecule has 1 aliphatic heterocycles. The van der Waals surface area contributed by atoms with E-state index in [9.17, 15) is 0 Å². The molecule has 1 atom stereocenters. The van der Waals surface area contributed by atoms with E-state index in [2.05, 4.69) is 32.9 Å². The molecule has 0 fully saturated rings. The maximum Gasteiger partial charge on any atom is 0.0720 e. The Labute approximate surface area is 79.7 Å². The zero-order valence-electron chi connectivity index (χ0n) is 8.55. The van der Waals surface area contributed by atoms with E-state index in [0.29, 0.717) is 5.92 Å². The van der Waals surface area contributed by atoms with Crippen molar-refractivity contribution in [2.75, 3.05) is 6.61 Å². The third-order valence-electron chi connectivity index (χ3n) is 2.99. The molecule has 1 aliphatic rings. The highest BCUT2D eigenvalue weighted by Crippen LogP contribution is 2.30. The van der Waals surface area contributed by atoms with Gasteiger partial charge in [0.05, 0.1) is 13.2 Å². The zero-order valence-corrected chi connectivity index (χ0v) is 8.55. The zero-order chi connectivity index (χ0) is 9.42. The first-order valence-corrected chi connectivity index (χ1v) is 4.87. The highest BCUT2D eigenvalue weighted by Gasteiger charge is 2.19. The van der Waals surface area contributed by atoms with Crippen molar-refractivity contribution in [3.05, 3.63) is 34.4 Å². The van der Waals surface area contributed by atoms with Crippen LogP contribution in [-0.2, 0) is 11.3 Å². The monoisotopic (exact) mass is 176 g/mol. The van der Waals surface area contributed by atoms with Gasteiger partial charge in [0.25, 0.3) is 0 Å². The Morgan fingerprint density at radius 3 is 2.85 bits per heavy atom. The standard InChI is InChI=1S/C12H16O/c1-8-4-5-11-7-13-6-9(2)12(11)10(8)3/h4-5,9H,6-7H2,1-3H3/t9-/m1/s1. The van der Waals surface area contributed by atoms with E-state index in [1.807, 2.05) is 0 Å². The van der Waals surface area contributed by atoms with Crippen LogP contribution in [0.2, 0.25) is 0 Å². The first-order chi connectivity index (χ1) is 6.20. The van der Waals surface area contributed by atoms with Crippen LogP contribution < -0.4 is 0 Å². The van der Waals surface area contributed by atoms with Gasteiger partial charge in [-0.3, -0.25) is 0 Å². The Balaban J connectivity index is 2.58. The van der Waals surface area contributed by atoms with Gasteiger partial charge in [-0.15, -0.1) is 0 Å². The van der Waals surface area contributed by atoms with Crippen molar-refractivity contribution in [3.63, 3.8) is 0 Å². The lowest BCUT2D eigenvalue weighted by atomic mass is 9.88. The van der Waals surface area contributed by atoms with E-state index in [1.165, 1.54) is 22.3 Å². The SMILES string of the molecule is Cc1ccc2c(c1C)[C@H](C)COC2. The molecule has 0 aromatic heterocycles. The second-order valence-corrected chi connectivity index (χ2v) is 4.00. The molecule has 0 aliphatic carbocycles. The molecular weight excluding hydrogens is 160 g/mol. The van der Waals surface area contributed by atoms with Crippen LogP contribution in [0.5, 0.6) is 0 Å². The molecule has 0 unspecified atom stereocenters. The predicted molar refractivity (Wildman–Crippen MR) is 54.0 cm³/mol. The lowest BCUT2D eigenvalue weighted by Crippen LogP contribution is -2.16. The lowest BCUT2D eigenvalue weighted by Gasteiger charge is -2.25. The van der Waals surface area contributed by atoms with Gasteiger partial charge >= 0.3 is 0 Å². The summed E-state index contributed by atoms with van der Waals surface area (Å²) in [5.74, 6) is 0.559. The van der Waals surface area contributed by atoms with Gasteiger partial charge in [0, 0.05) is 5.92 Å². The van der Waals surface area contributed by atoms with Gasteiger partial charge in [-0.25, -0.2) is 0 Å². The molecule has 70 valence electrons. The predicted octanol–water partition coefficient (Wildman–Crippen LogP) is 2.94. The quantitative estimate of drug-likeness (QED) is 0.590. The van der Waals surface area contributed by atoms with Crippen molar-refractivity contribution in [1.29, 1.82) is 0 Å². The summed E-state index contributed by atoms with van der Waals surface area (Å²) in [4.78, 5) is 0. The van der Waals surface area contributed by atoms with Crippen molar-refractivity contribution in [3.8, 4) is 0 Å². The Bertz CT molecular complexity index is 328. The molecule has 0 amide bonds. The third kappa shape index (κ3) is 1.37. The topological polar surface area (TPSA) is 9.23 Å². The molecule has 0 saturated heterocycles. The third-order valence-corrected chi connectivity index (χ3v) is 2.99. The molecule has 0 bridgehead atoms. The lowest BCUT2D eigenvalue weighted by molar-refractivity contribution is 0.0948. The summed E-state index contributed by atoms with van der Waals surface area (Å²) >= 11 is 0. The van der Waals surface area contributed by atoms with Gasteiger partial charge in [0.2, 0.25) is 0 Å². The fourth-order valence-corrected chi connectivity index (χ4v) is 2.13. The van der Waals surface area contributed by atoms with Crippen molar-refractivity contribution >= 4 is 0 Å². The summed E-state index contributed by atoms with van der Waals surface area (Å²) in [5.41, 5.74) is 5.74. The van der Waals surface area contributed by atoms with Gasteiger partial charge in [-0.2, -0.15) is 0 Å². The number of hydrogen-bond acceptors (Lipinski definition) is 1. The summed E-state index contributed by atoms with van der Waals surface area (Å²) in [6, 6.07) is 4.39. The molecule has 13 heavy (non-hydrogen) atoms. The van der Waals surface area contributed by atoms with E-state index in [4.69, 9.17) is 4.74 Å². The summed E-state index contributed by atoms with van der Waals surface area (Å²) in [6.07, 6.45) is 0. The van der Waals surface area contributed by atoms with E-state index in [1.54, 1.807) is 0 Å². The van der Waals surface area contributed by atoms with Crippen LogP contribution in [0.3, 0.4) is 0 Å². The Morgan fingerprint density at radius 1 is 1.31 bits per heavy atom. The summed E-state index contributed by atoms with van der Waals surface area (Å²) in [5, 5.41) is 0. The summed E-state index contributed by atoms with van der Waals surface area (Å²) < 4.78 is 5.50. The minimum absolute atomic E-state index is 0.559. The first-order valence-electron chi connectivity index (χ1n) is 4.87. The molecule has 2 rings (SSSR count). The van der Waals surface area contributed by atoms with Crippen molar-refractivity contribution in [2.24, 2.45) is 0 Å². The van der Waals surface area contributed by atoms with E-state index in [0.717, 1.165) is 13.2 Å². The smallest absolute Gasteiger partial charge is 0.0720 e. The number of benzene rings is 1. The molecule has 1 aromatic rings.